The van der Waals surface area contributed by atoms with E-state index in [-0.39, 0.29) is 17.8 Å². The van der Waals surface area contributed by atoms with E-state index in [4.69, 9.17) is 0 Å². The van der Waals surface area contributed by atoms with Gasteiger partial charge in [0.15, 0.2) is 5.78 Å². The Morgan fingerprint density at radius 2 is 1.80 bits per heavy atom. The molecule has 0 heterocycles. The smallest absolute Gasteiger partial charge is 0.160 e. The second-order valence-electron chi connectivity index (χ2n) is 5.44. The van der Waals surface area contributed by atoms with Gasteiger partial charge in [-0.3, -0.25) is 4.79 Å². The molecule has 0 saturated carbocycles. The zero-order chi connectivity index (χ0) is 10.9. The van der Waals surface area contributed by atoms with Crippen molar-refractivity contribution in [3.63, 3.8) is 0 Å². The minimum atomic E-state index is 0. The van der Waals surface area contributed by atoms with Gasteiger partial charge < -0.3 is 4.90 Å². The molecule has 3 heteroatoms. The summed E-state index contributed by atoms with van der Waals surface area (Å²) in [7, 11) is 4.01. The molecule has 0 aromatic carbocycles. The van der Waals surface area contributed by atoms with Crippen LogP contribution in [0.2, 0.25) is 0 Å². The van der Waals surface area contributed by atoms with Gasteiger partial charge in [0.2, 0.25) is 0 Å². The van der Waals surface area contributed by atoms with Crippen molar-refractivity contribution in [1.82, 2.24) is 4.90 Å². The Morgan fingerprint density at radius 1 is 1.27 bits per heavy atom. The highest BCUT2D eigenvalue weighted by Crippen LogP contribution is 2.36. The maximum Gasteiger partial charge on any atom is 0.160 e. The highest BCUT2D eigenvalue weighted by molar-refractivity contribution is 5.97. The van der Waals surface area contributed by atoms with E-state index in [9.17, 15) is 4.79 Å². The van der Waals surface area contributed by atoms with Crippen LogP contribution in [0.25, 0.3) is 0 Å². The van der Waals surface area contributed by atoms with Crippen LogP contribution in [0.5, 0.6) is 0 Å². The maximum atomic E-state index is 11.9. The first-order valence-electron chi connectivity index (χ1n) is 5.18. The van der Waals surface area contributed by atoms with Crippen molar-refractivity contribution < 1.29 is 4.79 Å². The number of carbonyl (C=O) groups is 1. The molecule has 0 saturated heterocycles. The van der Waals surface area contributed by atoms with Crippen LogP contribution in [0.3, 0.4) is 0 Å². The van der Waals surface area contributed by atoms with E-state index in [2.05, 4.69) is 25.7 Å². The van der Waals surface area contributed by atoms with Crippen molar-refractivity contribution in [2.75, 3.05) is 20.6 Å². The lowest BCUT2D eigenvalue weighted by Crippen LogP contribution is -2.30. The topological polar surface area (TPSA) is 20.3 Å². The van der Waals surface area contributed by atoms with Crippen LogP contribution >= 0.6 is 12.4 Å². The molecule has 0 amide bonds. The van der Waals surface area contributed by atoms with Crippen molar-refractivity contribution in [1.29, 1.82) is 0 Å². The number of nitrogens with zero attached hydrogens (tertiary/aromatic N) is 1. The first-order valence-corrected chi connectivity index (χ1v) is 5.18. The van der Waals surface area contributed by atoms with Crippen LogP contribution in [0, 0.1) is 5.41 Å². The second kappa shape index (κ2) is 5.13. The molecule has 0 fully saturated rings. The molecular weight excluding hydrogens is 210 g/mol. The number of carbonyl (C=O) groups excluding carboxylic acids is 1. The van der Waals surface area contributed by atoms with Gasteiger partial charge in [0.1, 0.15) is 0 Å². The highest BCUT2D eigenvalue weighted by atomic mass is 35.5. The SMILES string of the molecule is CC1=C(CN(C)C)C(=O)CC(C)(C)C1.Cl. The third-order valence-electron chi connectivity index (χ3n) is 2.71. The Balaban J connectivity index is 0.00000196. The number of hydrogen-bond donors (Lipinski definition) is 0. The normalized spacial score (nSPS) is 20.5. The van der Waals surface area contributed by atoms with Crippen LogP contribution in [0.1, 0.15) is 33.6 Å². The summed E-state index contributed by atoms with van der Waals surface area (Å²) in [6, 6.07) is 0. The summed E-state index contributed by atoms with van der Waals surface area (Å²) >= 11 is 0. The van der Waals surface area contributed by atoms with Crippen LogP contribution in [0.15, 0.2) is 11.1 Å². The van der Waals surface area contributed by atoms with Gasteiger partial charge in [0, 0.05) is 18.5 Å². The van der Waals surface area contributed by atoms with Crippen LogP contribution in [-0.2, 0) is 4.79 Å². The fraction of sp³-hybridized carbons (Fsp3) is 0.750. The monoisotopic (exact) mass is 231 g/mol. The van der Waals surface area contributed by atoms with E-state index in [1.165, 1.54) is 5.57 Å². The number of Topliss-reactive ketones (excluding diaryl/α,β-unsaturated/α-hetero) is 1. The molecule has 0 aliphatic heterocycles. The maximum absolute atomic E-state index is 11.9. The number of ketones is 1. The summed E-state index contributed by atoms with van der Waals surface area (Å²) in [5, 5.41) is 0. The van der Waals surface area contributed by atoms with Crippen molar-refractivity contribution >= 4 is 18.2 Å². The molecule has 88 valence electrons. The summed E-state index contributed by atoms with van der Waals surface area (Å²) in [6.45, 7) is 7.22. The molecule has 0 spiro atoms. The molecule has 0 atom stereocenters. The Morgan fingerprint density at radius 3 is 2.20 bits per heavy atom. The van der Waals surface area contributed by atoms with Crippen molar-refractivity contribution in [3.8, 4) is 0 Å². The number of halogens is 1. The average Bonchev–Trinajstić information content (AvgIpc) is 1.94. The lowest BCUT2D eigenvalue weighted by molar-refractivity contribution is -0.118. The van der Waals surface area contributed by atoms with Gasteiger partial charge in [-0.15, -0.1) is 12.4 Å². The number of hydrogen-bond acceptors (Lipinski definition) is 2. The van der Waals surface area contributed by atoms with Gasteiger partial charge >= 0.3 is 0 Å². The van der Waals surface area contributed by atoms with Crippen LogP contribution in [-0.4, -0.2) is 31.3 Å². The molecule has 0 bridgehead atoms. The minimum absolute atomic E-state index is 0. The molecule has 1 aliphatic carbocycles. The Labute approximate surface area is 99.1 Å². The zero-order valence-electron chi connectivity index (χ0n) is 10.4. The summed E-state index contributed by atoms with van der Waals surface area (Å²) in [6.07, 6.45) is 1.76. The molecule has 1 rings (SSSR count). The van der Waals surface area contributed by atoms with Crippen molar-refractivity contribution in [2.45, 2.75) is 33.6 Å². The van der Waals surface area contributed by atoms with Gasteiger partial charge in [-0.1, -0.05) is 19.4 Å². The van der Waals surface area contributed by atoms with E-state index in [1.54, 1.807) is 0 Å². The van der Waals surface area contributed by atoms with Gasteiger partial charge in [0.25, 0.3) is 0 Å². The second-order valence-corrected chi connectivity index (χ2v) is 5.44. The molecular formula is C12H22ClNO. The molecule has 15 heavy (non-hydrogen) atoms. The van der Waals surface area contributed by atoms with Gasteiger partial charge in [-0.25, -0.2) is 0 Å². The largest absolute Gasteiger partial charge is 0.305 e. The van der Waals surface area contributed by atoms with Crippen molar-refractivity contribution in [3.05, 3.63) is 11.1 Å². The van der Waals surface area contributed by atoms with E-state index in [1.807, 2.05) is 14.1 Å². The predicted octanol–water partition coefficient (Wildman–Crippen LogP) is 2.68. The lowest BCUT2D eigenvalue weighted by atomic mass is 9.74. The summed E-state index contributed by atoms with van der Waals surface area (Å²) in [4.78, 5) is 13.9. The summed E-state index contributed by atoms with van der Waals surface area (Å²) < 4.78 is 0. The molecule has 1 aliphatic rings. The first-order chi connectivity index (χ1) is 6.32. The van der Waals surface area contributed by atoms with Gasteiger partial charge in [-0.05, 0) is 32.9 Å². The lowest BCUT2D eigenvalue weighted by Gasteiger charge is -2.31. The molecule has 0 aromatic rings. The van der Waals surface area contributed by atoms with Crippen molar-refractivity contribution in [2.24, 2.45) is 5.41 Å². The predicted molar refractivity (Wildman–Crippen MR) is 66.5 cm³/mol. The summed E-state index contributed by atoms with van der Waals surface area (Å²) in [5.74, 6) is 0.340. The molecule has 2 nitrogen and oxygen atoms in total. The van der Waals surface area contributed by atoms with Gasteiger partial charge in [-0.2, -0.15) is 0 Å². The third-order valence-corrected chi connectivity index (χ3v) is 2.71. The number of likely N-dealkylation sites (N-methyl/N-ethyl adjacent to an activating group) is 1. The quantitative estimate of drug-likeness (QED) is 0.729. The van der Waals surface area contributed by atoms with E-state index in [0.29, 0.717) is 12.2 Å². The van der Waals surface area contributed by atoms with Crippen LogP contribution in [0.4, 0.5) is 0 Å². The molecule has 0 unspecified atom stereocenters. The fourth-order valence-corrected chi connectivity index (χ4v) is 2.21. The van der Waals surface area contributed by atoms with Gasteiger partial charge in [0.05, 0.1) is 0 Å². The van der Waals surface area contributed by atoms with E-state index < -0.39 is 0 Å². The van der Waals surface area contributed by atoms with Crippen LogP contribution < -0.4 is 0 Å². The Hall–Kier alpha value is -0.340. The first kappa shape index (κ1) is 14.7. The third kappa shape index (κ3) is 3.96. The minimum Gasteiger partial charge on any atom is -0.305 e. The summed E-state index contributed by atoms with van der Waals surface area (Å²) in [5.41, 5.74) is 2.48. The van der Waals surface area contributed by atoms with E-state index in [0.717, 1.165) is 18.5 Å². The molecule has 0 radical (unpaired) electrons. The fourth-order valence-electron chi connectivity index (χ4n) is 2.21. The number of allylic oxidation sites excluding steroid dienone is 1. The Kier molecular flexibility index (Phi) is 5.01. The Bertz CT molecular complexity index is 279. The standard InChI is InChI=1S/C12H21NO.ClH/c1-9-6-12(2,3)7-11(14)10(9)8-13(4)5;/h6-8H2,1-5H3;1H. The highest BCUT2D eigenvalue weighted by Gasteiger charge is 2.30. The molecule has 0 aromatic heterocycles. The molecule has 0 N–H and O–H groups in total. The van der Waals surface area contributed by atoms with E-state index >= 15 is 0 Å². The average molecular weight is 232 g/mol. The zero-order valence-corrected chi connectivity index (χ0v) is 11.2. The number of rotatable bonds is 2.